The van der Waals surface area contributed by atoms with Crippen LogP contribution < -0.4 is 5.32 Å². The van der Waals surface area contributed by atoms with Crippen molar-refractivity contribution in [3.8, 4) is 0 Å². The van der Waals surface area contributed by atoms with Crippen LogP contribution in [0, 0.1) is 12.0 Å². The van der Waals surface area contributed by atoms with Gasteiger partial charge in [-0.3, -0.25) is 0 Å². The fourth-order valence-corrected chi connectivity index (χ4v) is 2.07. The number of rotatable bonds is 4. The second-order valence-electron chi connectivity index (χ2n) is 4.64. The quantitative estimate of drug-likeness (QED) is 0.761. The highest BCUT2D eigenvalue weighted by Crippen LogP contribution is 2.41. The summed E-state index contributed by atoms with van der Waals surface area (Å²) in [5.74, 6) is 1.77. The molecule has 2 atom stereocenters. The molecule has 3 rings (SSSR count). The predicted octanol–water partition coefficient (Wildman–Crippen LogP) is 2.34. The van der Waals surface area contributed by atoms with Crippen molar-refractivity contribution in [2.24, 2.45) is 5.92 Å². The van der Waals surface area contributed by atoms with Crippen LogP contribution in [0.15, 0.2) is 24.3 Å². The first kappa shape index (κ1) is 8.49. The minimum atomic E-state index is 0.756. The minimum absolute atomic E-state index is 0.756. The summed E-state index contributed by atoms with van der Waals surface area (Å²) in [7, 11) is 0. The number of nitrogens with one attached hydrogen (secondary N) is 1. The molecule has 0 bridgehead atoms. The summed E-state index contributed by atoms with van der Waals surface area (Å²) in [6, 6.07) is 12.3. The van der Waals surface area contributed by atoms with Crippen molar-refractivity contribution in [2.45, 2.75) is 31.2 Å². The van der Waals surface area contributed by atoms with Gasteiger partial charge in [-0.05, 0) is 43.4 Å². The molecule has 1 heteroatoms. The smallest absolute Gasteiger partial charge is 0.0143 e. The van der Waals surface area contributed by atoms with Gasteiger partial charge in [0.05, 0.1) is 0 Å². The Balaban J connectivity index is 1.52. The summed E-state index contributed by atoms with van der Waals surface area (Å²) in [5.41, 5.74) is 1.46. The Labute approximate surface area is 85.5 Å². The average Bonchev–Trinajstić information content (AvgIpc) is 3.12. The normalized spacial score (nSPS) is 30.3. The molecule has 73 valence electrons. The zero-order chi connectivity index (χ0) is 9.38. The van der Waals surface area contributed by atoms with Crippen LogP contribution >= 0.6 is 0 Å². The van der Waals surface area contributed by atoms with E-state index in [0.29, 0.717) is 0 Å². The van der Waals surface area contributed by atoms with Gasteiger partial charge < -0.3 is 5.32 Å². The lowest BCUT2D eigenvalue weighted by atomic mass is 10.1. The van der Waals surface area contributed by atoms with Gasteiger partial charge in [0.25, 0.3) is 0 Å². The summed E-state index contributed by atoms with van der Waals surface area (Å²) in [5, 5.41) is 3.65. The van der Waals surface area contributed by atoms with E-state index in [1.54, 1.807) is 0 Å². The lowest BCUT2D eigenvalue weighted by Crippen LogP contribution is -2.20. The van der Waals surface area contributed by atoms with E-state index in [0.717, 1.165) is 17.9 Å². The van der Waals surface area contributed by atoms with E-state index < -0.39 is 0 Å². The number of benzene rings is 1. The van der Waals surface area contributed by atoms with Gasteiger partial charge in [0, 0.05) is 12.0 Å². The first-order valence-electron chi connectivity index (χ1n) is 5.63. The van der Waals surface area contributed by atoms with Crippen molar-refractivity contribution in [1.29, 1.82) is 0 Å². The molecule has 1 radical (unpaired) electrons. The molecule has 0 spiro atoms. The molecule has 2 fully saturated rings. The second kappa shape index (κ2) is 3.39. The van der Waals surface area contributed by atoms with Gasteiger partial charge in [-0.2, -0.15) is 0 Å². The molecule has 1 nitrogen and oxygen atoms in total. The molecule has 2 saturated carbocycles. The Morgan fingerprint density at radius 2 is 2.36 bits per heavy atom. The van der Waals surface area contributed by atoms with E-state index in [-0.39, 0.29) is 0 Å². The van der Waals surface area contributed by atoms with Crippen molar-refractivity contribution in [1.82, 2.24) is 5.32 Å². The van der Waals surface area contributed by atoms with E-state index in [1.165, 1.54) is 31.4 Å². The third-order valence-electron chi connectivity index (χ3n) is 3.32. The first-order valence-corrected chi connectivity index (χ1v) is 5.63. The van der Waals surface area contributed by atoms with Crippen LogP contribution in [0.25, 0.3) is 0 Å². The van der Waals surface area contributed by atoms with Crippen LogP contribution in [-0.4, -0.2) is 12.6 Å². The highest BCUT2D eigenvalue weighted by atomic mass is 15.0. The van der Waals surface area contributed by atoms with Crippen LogP contribution in [0.2, 0.25) is 0 Å². The van der Waals surface area contributed by atoms with E-state index in [4.69, 9.17) is 0 Å². The predicted molar refractivity (Wildman–Crippen MR) is 57.2 cm³/mol. The van der Waals surface area contributed by atoms with Crippen molar-refractivity contribution in [3.63, 3.8) is 0 Å². The van der Waals surface area contributed by atoms with Gasteiger partial charge in [-0.15, -0.1) is 0 Å². The van der Waals surface area contributed by atoms with Crippen LogP contribution in [0.4, 0.5) is 0 Å². The first-order chi connectivity index (χ1) is 6.93. The molecule has 0 aliphatic heterocycles. The molecule has 0 heterocycles. The fraction of sp³-hybridized carbons (Fsp3) is 0.538. The summed E-state index contributed by atoms with van der Waals surface area (Å²) in [4.78, 5) is 0. The molecule has 0 saturated heterocycles. The highest BCUT2D eigenvalue weighted by Gasteiger charge is 2.38. The molecule has 2 aliphatic carbocycles. The van der Waals surface area contributed by atoms with E-state index in [2.05, 4.69) is 29.6 Å². The molecule has 14 heavy (non-hydrogen) atoms. The Hall–Kier alpha value is -0.820. The molecule has 2 aliphatic rings. The van der Waals surface area contributed by atoms with E-state index in [9.17, 15) is 0 Å². The lowest BCUT2D eigenvalue weighted by molar-refractivity contribution is 0.625. The Morgan fingerprint density at radius 3 is 3.07 bits per heavy atom. The lowest BCUT2D eigenvalue weighted by Gasteiger charge is -2.02. The summed E-state index contributed by atoms with van der Waals surface area (Å²) in [6.07, 6.45) is 4.22. The van der Waals surface area contributed by atoms with Crippen molar-refractivity contribution >= 4 is 0 Å². The summed E-state index contributed by atoms with van der Waals surface area (Å²) >= 11 is 0. The maximum absolute atomic E-state index is 3.65. The largest absolute Gasteiger partial charge is 0.313 e. The summed E-state index contributed by atoms with van der Waals surface area (Å²) < 4.78 is 0. The van der Waals surface area contributed by atoms with Crippen molar-refractivity contribution in [2.75, 3.05) is 6.54 Å². The maximum Gasteiger partial charge on any atom is 0.0143 e. The second-order valence-corrected chi connectivity index (χ2v) is 4.64. The number of hydrogen-bond donors (Lipinski definition) is 1. The molecular weight excluding hydrogens is 170 g/mol. The van der Waals surface area contributed by atoms with Gasteiger partial charge in [-0.1, -0.05) is 24.3 Å². The molecular formula is C13H16N. The van der Waals surface area contributed by atoms with Crippen LogP contribution in [0.3, 0.4) is 0 Å². The molecule has 1 N–H and O–H groups in total. The van der Waals surface area contributed by atoms with Crippen molar-refractivity contribution < 1.29 is 0 Å². The Morgan fingerprint density at radius 1 is 1.43 bits per heavy atom. The molecule has 0 amide bonds. The SMILES string of the molecule is [c]1cccc(C2CC2NCC2CC2)c1. The molecule has 0 aromatic heterocycles. The fourth-order valence-electron chi connectivity index (χ4n) is 2.07. The Kier molecular flexibility index (Phi) is 2.06. The average molecular weight is 186 g/mol. The molecule has 1 aromatic rings. The van der Waals surface area contributed by atoms with Crippen LogP contribution in [-0.2, 0) is 0 Å². The molecule has 2 unspecified atom stereocenters. The Bertz CT molecular complexity index is 302. The molecule has 1 aromatic carbocycles. The van der Waals surface area contributed by atoms with Crippen LogP contribution in [0.1, 0.15) is 30.7 Å². The van der Waals surface area contributed by atoms with Gasteiger partial charge in [0.2, 0.25) is 0 Å². The van der Waals surface area contributed by atoms with E-state index in [1.807, 2.05) is 6.07 Å². The number of hydrogen-bond acceptors (Lipinski definition) is 1. The highest BCUT2D eigenvalue weighted by molar-refractivity contribution is 5.27. The maximum atomic E-state index is 3.65. The minimum Gasteiger partial charge on any atom is -0.313 e. The van der Waals surface area contributed by atoms with Gasteiger partial charge in [-0.25, -0.2) is 0 Å². The third-order valence-corrected chi connectivity index (χ3v) is 3.32. The summed E-state index contributed by atoms with van der Waals surface area (Å²) in [6.45, 7) is 1.25. The zero-order valence-corrected chi connectivity index (χ0v) is 8.37. The van der Waals surface area contributed by atoms with Gasteiger partial charge in [0.15, 0.2) is 0 Å². The topological polar surface area (TPSA) is 12.0 Å². The zero-order valence-electron chi connectivity index (χ0n) is 8.37. The van der Waals surface area contributed by atoms with Crippen LogP contribution in [0.5, 0.6) is 0 Å². The monoisotopic (exact) mass is 186 g/mol. The standard InChI is InChI=1S/C13H16N/c1-2-4-11(5-3-1)12-8-13(12)14-9-10-6-7-10/h1-2,4-5,10,12-14H,6-9H2. The van der Waals surface area contributed by atoms with Crippen molar-refractivity contribution in [3.05, 3.63) is 35.9 Å². The van der Waals surface area contributed by atoms with E-state index >= 15 is 0 Å². The third kappa shape index (κ3) is 1.83. The van der Waals surface area contributed by atoms with Gasteiger partial charge in [0.1, 0.15) is 0 Å². The van der Waals surface area contributed by atoms with Gasteiger partial charge >= 0.3 is 0 Å².